The van der Waals surface area contributed by atoms with E-state index in [1.807, 2.05) is 38.1 Å². The van der Waals surface area contributed by atoms with Crippen LogP contribution in [0.1, 0.15) is 16.7 Å². The zero-order valence-corrected chi connectivity index (χ0v) is 22.7. The van der Waals surface area contributed by atoms with Crippen LogP contribution in [-0.4, -0.2) is 18.4 Å². The Morgan fingerprint density at radius 1 is 1.03 bits per heavy atom. The van der Waals surface area contributed by atoms with E-state index in [0.29, 0.717) is 31.0 Å². The molecule has 0 unspecified atom stereocenters. The van der Waals surface area contributed by atoms with Gasteiger partial charge < -0.3 is 15.4 Å². The number of nitrogens with one attached hydrogen (secondary N) is 2. The molecule has 3 aromatic carbocycles. The molecule has 0 saturated heterocycles. The van der Waals surface area contributed by atoms with Gasteiger partial charge in [0.2, 0.25) is 0 Å². The third-order valence-electron chi connectivity index (χ3n) is 4.80. The van der Waals surface area contributed by atoms with Crippen LogP contribution in [0, 0.1) is 25.2 Å². The van der Waals surface area contributed by atoms with Gasteiger partial charge in [0.1, 0.15) is 17.4 Å². The molecule has 0 atom stereocenters. The summed E-state index contributed by atoms with van der Waals surface area (Å²) in [5, 5.41) is 15.5. The Balaban J connectivity index is 1.69. The van der Waals surface area contributed by atoms with Crippen molar-refractivity contribution in [3.05, 3.63) is 90.8 Å². The van der Waals surface area contributed by atoms with Gasteiger partial charge in [-0.2, -0.15) is 5.26 Å². The first-order valence-corrected chi connectivity index (χ1v) is 12.3. The molecule has 0 aliphatic rings. The predicted molar refractivity (Wildman–Crippen MR) is 146 cm³/mol. The molecule has 0 saturated carbocycles. The number of anilines is 2. The minimum absolute atomic E-state index is 0.0831. The molecule has 35 heavy (non-hydrogen) atoms. The summed E-state index contributed by atoms with van der Waals surface area (Å²) in [6.45, 7) is 3.71. The number of hydrogen-bond acceptors (Lipinski definition) is 4. The summed E-state index contributed by atoms with van der Waals surface area (Å²) in [5.74, 6) is -0.433. The number of nitrogens with zero attached hydrogens (tertiary/aromatic N) is 1. The third kappa shape index (κ3) is 7.43. The largest absolute Gasteiger partial charge is 0.481 e. The number of benzene rings is 3. The molecule has 178 valence electrons. The zero-order valence-electron chi connectivity index (χ0n) is 18.8. The van der Waals surface area contributed by atoms with Gasteiger partial charge in [0.05, 0.1) is 8.95 Å². The maximum Gasteiger partial charge on any atom is 0.266 e. The van der Waals surface area contributed by atoms with Crippen LogP contribution >= 0.6 is 43.5 Å². The SMILES string of the molecule is Cc1ccc(NC(=O)COc2c(Br)cc(/C=C(/C#N)C(=O)Nc3ccc(Cl)cc3)cc2Br)c(C)c1. The first kappa shape index (κ1) is 26.5. The molecule has 2 amide bonds. The van der Waals surface area contributed by atoms with Crippen LogP contribution in [0.15, 0.2) is 69.1 Å². The summed E-state index contributed by atoms with van der Waals surface area (Å²) in [6.07, 6.45) is 1.46. The quantitative estimate of drug-likeness (QED) is 0.220. The van der Waals surface area contributed by atoms with Crippen LogP contribution in [0.5, 0.6) is 5.75 Å². The molecule has 6 nitrogen and oxygen atoms in total. The van der Waals surface area contributed by atoms with Crippen LogP contribution in [0.3, 0.4) is 0 Å². The highest BCUT2D eigenvalue weighted by Crippen LogP contribution is 2.35. The van der Waals surface area contributed by atoms with Crippen molar-refractivity contribution in [3.63, 3.8) is 0 Å². The van der Waals surface area contributed by atoms with Crippen molar-refractivity contribution in [2.45, 2.75) is 13.8 Å². The highest BCUT2D eigenvalue weighted by atomic mass is 79.9. The molecular formula is C26H20Br2ClN3O3. The fraction of sp³-hybridized carbons (Fsp3) is 0.115. The van der Waals surface area contributed by atoms with Crippen molar-refractivity contribution < 1.29 is 14.3 Å². The second-order valence-electron chi connectivity index (χ2n) is 7.60. The maximum absolute atomic E-state index is 12.5. The monoisotopic (exact) mass is 615 g/mol. The summed E-state index contributed by atoms with van der Waals surface area (Å²) in [5.41, 5.74) is 3.82. The summed E-state index contributed by atoms with van der Waals surface area (Å²) in [7, 11) is 0. The van der Waals surface area contributed by atoms with Crippen molar-refractivity contribution >= 4 is 72.7 Å². The summed E-state index contributed by atoms with van der Waals surface area (Å²) in [4.78, 5) is 24.9. The number of aryl methyl sites for hydroxylation is 2. The van der Waals surface area contributed by atoms with E-state index in [9.17, 15) is 14.9 Å². The lowest BCUT2D eigenvalue weighted by atomic mass is 10.1. The molecule has 9 heteroatoms. The van der Waals surface area contributed by atoms with Crippen molar-refractivity contribution in [2.75, 3.05) is 17.2 Å². The predicted octanol–water partition coefficient (Wildman–Crippen LogP) is 7.05. The summed E-state index contributed by atoms with van der Waals surface area (Å²) >= 11 is 12.7. The first-order valence-electron chi connectivity index (χ1n) is 10.3. The molecular weight excluding hydrogens is 598 g/mol. The number of ether oxygens (including phenoxy) is 1. The molecule has 2 N–H and O–H groups in total. The molecule has 3 aromatic rings. The van der Waals surface area contributed by atoms with Gasteiger partial charge in [-0.05, 0) is 105 Å². The average Bonchev–Trinajstić information content (AvgIpc) is 2.80. The normalized spacial score (nSPS) is 10.9. The number of carbonyl (C=O) groups is 2. The van der Waals surface area contributed by atoms with Gasteiger partial charge in [0.25, 0.3) is 11.8 Å². The summed E-state index contributed by atoms with van der Waals surface area (Å²) < 4.78 is 6.80. The lowest BCUT2D eigenvalue weighted by Crippen LogP contribution is -2.21. The Labute approximate surface area is 225 Å². The van der Waals surface area contributed by atoms with Gasteiger partial charge >= 0.3 is 0 Å². The van der Waals surface area contributed by atoms with E-state index in [1.54, 1.807) is 36.4 Å². The standard InChI is InChI=1S/C26H20Br2ClN3O3/c1-15-3-8-23(16(2)9-15)32-24(33)14-35-25-21(27)11-17(12-22(25)28)10-18(13-30)26(34)31-20-6-4-19(29)5-7-20/h3-12H,14H2,1-2H3,(H,31,34)(H,32,33)/b18-10-. The van der Waals surface area contributed by atoms with Gasteiger partial charge in [-0.1, -0.05) is 29.3 Å². The number of rotatable bonds is 7. The molecule has 0 radical (unpaired) electrons. The van der Waals surface area contributed by atoms with E-state index in [1.165, 1.54) is 6.08 Å². The molecule has 0 bridgehead atoms. The van der Waals surface area contributed by atoms with Gasteiger partial charge in [-0.3, -0.25) is 9.59 Å². The number of hydrogen-bond donors (Lipinski definition) is 2. The second kappa shape index (κ2) is 12.0. The Morgan fingerprint density at radius 3 is 2.29 bits per heavy atom. The fourth-order valence-electron chi connectivity index (χ4n) is 3.13. The van der Waals surface area contributed by atoms with E-state index in [0.717, 1.165) is 16.8 Å². The van der Waals surface area contributed by atoms with Gasteiger partial charge in [0, 0.05) is 16.4 Å². The molecule has 0 fully saturated rings. The second-order valence-corrected chi connectivity index (χ2v) is 9.74. The minimum Gasteiger partial charge on any atom is -0.481 e. The zero-order chi connectivity index (χ0) is 25.5. The number of nitriles is 1. The van der Waals surface area contributed by atoms with E-state index >= 15 is 0 Å². The lowest BCUT2D eigenvalue weighted by molar-refractivity contribution is -0.118. The molecule has 0 aromatic heterocycles. The average molecular weight is 618 g/mol. The Kier molecular flexibility index (Phi) is 9.10. The maximum atomic E-state index is 12.5. The topological polar surface area (TPSA) is 91.2 Å². The van der Waals surface area contributed by atoms with E-state index in [2.05, 4.69) is 42.5 Å². The number of halogens is 3. The minimum atomic E-state index is -0.550. The van der Waals surface area contributed by atoms with Crippen LogP contribution in [0.4, 0.5) is 11.4 Å². The number of carbonyl (C=O) groups excluding carboxylic acids is 2. The lowest BCUT2D eigenvalue weighted by Gasteiger charge is -2.13. The van der Waals surface area contributed by atoms with Crippen molar-refractivity contribution in [1.82, 2.24) is 0 Å². The van der Waals surface area contributed by atoms with Gasteiger partial charge in [0.15, 0.2) is 6.61 Å². The fourth-order valence-corrected chi connectivity index (χ4v) is 4.70. The molecule has 0 heterocycles. The van der Waals surface area contributed by atoms with Crippen molar-refractivity contribution in [2.24, 2.45) is 0 Å². The Morgan fingerprint density at radius 2 is 1.69 bits per heavy atom. The van der Waals surface area contributed by atoms with Gasteiger partial charge in [-0.15, -0.1) is 0 Å². The van der Waals surface area contributed by atoms with Gasteiger partial charge in [-0.25, -0.2) is 0 Å². The van der Waals surface area contributed by atoms with E-state index in [-0.39, 0.29) is 18.1 Å². The third-order valence-corrected chi connectivity index (χ3v) is 6.23. The van der Waals surface area contributed by atoms with Crippen LogP contribution < -0.4 is 15.4 Å². The van der Waals surface area contributed by atoms with Crippen LogP contribution in [0.2, 0.25) is 5.02 Å². The first-order chi connectivity index (χ1) is 16.7. The van der Waals surface area contributed by atoms with E-state index < -0.39 is 5.91 Å². The van der Waals surface area contributed by atoms with Crippen molar-refractivity contribution in [1.29, 1.82) is 5.26 Å². The van der Waals surface area contributed by atoms with Crippen LogP contribution in [-0.2, 0) is 9.59 Å². The molecule has 0 aliphatic carbocycles. The summed E-state index contributed by atoms with van der Waals surface area (Å²) in [6, 6.07) is 17.6. The molecule has 3 rings (SSSR count). The molecule has 0 spiro atoms. The van der Waals surface area contributed by atoms with Crippen LogP contribution in [0.25, 0.3) is 6.08 Å². The Bertz CT molecular complexity index is 1330. The van der Waals surface area contributed by atoms with Crippen molar-refractivity contribution in [3.8, 4) is 11.8 Å². The number of amides is 2. The van der Waals surface area contributed by atoms with E-state index in [4.69, 9.17) is 16.3 Å². The smallest absolute Gasteiger partial charge is 0.266 e. The Hall–Kier alpha value is -3.12. The highest BCUT2D eigenvalue weighted by Gasteiger charge is 2.14. The molecule has 0 aliphatic heterocycles. The highest BCUT2D eigenvalue weighted by molar-refractivity contribution is 9.11.